The van der Waals surface area contributed by atoms with Gasteiger partial charge in [0.05, 0.1) is 11.4 Å². The average Bonchev–Trinajstić information content (AvgIpc) is 3.22. The zero-order chi connectivity index (χ0) is 18.8. The first-order chi connectivity index (χ1) is 13.1. The highest BCUT2D eigenvalue weighted by Gasteiger charge is 2.13. The fraction of sp³-hybridized carbons (Fsp3) is 0.200. The molecule has 136 valence electrons. The van der Waals surface area contributed by atoms with Crippen LogP contribution in [0.2, 0.25) is 0 Å². The van der Waals surface area contributed by atoms with Gasteiger partial charge in [0.1, 0.15) is 17.1 Å². The van der Waals surface area contributed by atoms with Crippen molar-refractivity contribution in [2.75, 3.05) is 0 Å². The van der Waals surface area contributed by atoms with Gasteiger partial charge in [-0.1, -0.05) is 30.0 Å². The summed E-state index contributed by atoms with van der Waals surface area (Å²) < 4.78 is 7.66. The van der Waals surface area contributed by atoms with E-state index in [9.17, 15) is 0 Å². The molecule has 0 saturated carbocycles. The quantitative estimate of drug-likeness (QED) is 0.376. The minimum Gasteiger partial charge on any atom is -0.441 e. The van der Waals surface area contributed by atoms with Gasteiger partial charge in [0.2, 0.25) is 5.89 Å². The maximum absolute atomic E-state index is 5.83. The fourth-order valence-electron chi connectivity index (χ4n) is 2.79. The van der Waals surface area contributed by atoms with Crippen molar-refractivity contribution in [3.8, 4) is 17.3 Å². The van der Waals surface area contributed by atoms with Gasteiger partial charge in [-0.2, -0.15) is 5.10 Å². The van der Waals surface area contributed by atoms with Crippen molar-refractivity contribution in [2.24, 2.45) is 0 Å². The molecule has 0 saturated heterocycles. The molecule has 4 rings (SSSR count). The second kappa shape index (κ2) is 7.36. The summed E-state index contributed by atoms with van der Waals surface area (Å²) in [5.74, 6) is 2.92. The molecule has 4 aromatic rings. The maximum atomic E-state index is 5.83. The number of benzene rings is 1. The lowest BCUT2D eigenvalue weighted by atomic mass is 10.2. The van der Waals surface area contributed by atoms with Gasteiger partial charge in [0, 0.05) is 23.1 Å². The molecule has 7 heteroatoms. The van der Waals surface area contributed by atoms with E-state index >= 15 is 0 Å². The first-order valence-corrected chi connectivity index (χ1v) is 9.59. The monoisotopic (exact) mass is 377 g/mol. The van der Waals surface area contributed by atoms with Crippen LogP contribution in [0.4, 0.5) is 0 Å². The van der Waals surface area contributed by atoms with E-state index < -0.39 is 0 Å². The molecule has 0 spiro atoms. The first kappa shape index (κ1) is 17.5. The molecule has 6 nitrogen and oxygen atoms in total. The van der Waals surface area contributed by atoms with Crippen molar-refractivity contribution in [2.45, 2.75) is 31.6 Å². The Morgan fingerprint density at radius 3 is 2.59 bits per heavy atom. The van der Waals surface area contributed by atoms with Gasteiger partial charge in [0.25, 0.3) is 0 Å². The fourth-order valence-corrected chi connectivity index (χ4v) is 3.66. The highest BCUT2D eigenvalue weighted by atomic mass is 32.2. The number of aryl methyl sites for hydroxylation is 3. The van der Waals surface area contributed by atoms with Crippen LogP contribution < -0.4 is 0 Å². The summed E-state index contributed by atoms with van der Waals surface area (Å²) in [6.07, 6.45) is 1.57. The molecule has 0 unspecified atom stereocenters. The number of hydrogen-bond acceptors (Lipinski definition) is 6. The Balaban J connectivity index is 1.52. The highest BCUT2D eigenvalue weighted by Crippen LogP contribution is 2.27. The molecule has 0 radical (unpaired) electrons. The number of aromatic nitrogens is 5. The van der Waals surface area contributed by atoms with Crippen molar-refractivity contribution in [3.63, 3.8) is 0 Å². The molecule has 0 aliphatic heterocycles. The van der Waals surface area contributed by atoms with Gasteiger partial charge in [-0.05, 0) is 39.0 Å². The normalized spacial score (nSPS) is 11.1. The lowest BCUT2D eigenvalue weighted by Crippen LogP contribution is -2.02. The standard InChI is InChI=1S/C20H19N5OS/c1-13-9-14(2)25(24-13)18-10-19(22-12-21-18)27-11-17-15(3)26-20(23-17)16-7-5-4-6-8-16/h4-10,12H,11H2,1-3H3. The molecular formula is C20H19N5OS. The maximum Gasteiger partial charge on any atom is 0.226 e. The molecule has 27 heavy (non-hydrogen) atoms. The first-order valence-electron chi connectivity index (χ1n) is 8.60. The summed E-state index contributed by atoms with van der Waals surface area (Å²) in [7, 11) is 0. The van der Waals surface area contributed by atoms with Crippen LogP contribution in [0.5, 0.6) is 0 Å². The van der Waals surface area contributed by atoms with Gasteiger partial charge < -0.3 is 4.42 Å². The molecule has 0 bridgehead atoms. The van der Waals surface area contributed by atoms with Crippen molar-refractivity contribution >= 4 is 11.8 Å². The summed E-state index contributed by atoms with van der Waals surface area (Å²) >= 11 is 1.60. The van der Waals surface area contributed by atoms with E-state index in [-0.39, 0.29) is 0 Å². The number of rotatable bonds is 5. The predicted molar refractivity (Wildman–Crippen MR) is 105 cm³/mol. The van der Waals surface area contributed by atoms with E-state index in [0.717, 1.165) is 39.2 Å². The van der Waals surface area contributed by atoms with Crippen LogP contribution in [0.25, 0.3) is 17.3 Å². The van der Waals surface area contributed by atoms with Crippen LogP contribution in [0.3, 0.4) is 0 Å². The van der Waals surface area contributed by atoms with E-state index in [0.29, 0.717) is 11.6 Å². The van der Waals surface area contributed by atoms with Crippen LogP contribution in [0.15, 0.2) is 58.2 Å². The third-order valence-electron chi connectivity index (χ3n) is 4.12. The van der Waals surface area contributed by atoms with E-state index in [1.54, 1.807) is 18.1 Å². The van der Waals surface area contributed by atoms with Gasteiger partial charge in [0.15, 0.2) is 5.82 Å². The van der Waals surface area contributed by atoms with Crippen LogP contribution in [-0.2, 0) is 5.75 Å². The minimum atomic E-state index is 0.648. The van der Waals surface area contributed by atoms with Crippen molar-refractivity contribution in [1.29, 1.82) is 0 Å². The minimum absolute atomic E-state index is 0.648. The van der Waals surface area contributed by atoms with Crippen molar-refractivity contribution in [3.05, 3.63) is 71.6 Å². The molecule has 0 atom stereocenters. The number of thioether (sulfide) groups is 1. The molecule has 0 fully saturated rings. The summed E-state index contributed by atoms with van der Waals surface area (Å²) in [4.78, 5) is 13.4. The SMILES string of the molecule is Cc1cc(C)n(-c2cc(SCc3nc(-c4ccccc4)oc3C)ncn2)n1. The summed E-state index contributed by atoms with van der Waals surface area (Å²) in [5.41, 5.74) is 3.91. The lowest BCUT2D eigenvalue weighted by molar-refractivity contribution is 0.540. The third kappa shape index (κ3) is 3.78. The summed E-state index contributed by atoms with van der Waals surface area (Å²) in [6.45, 7) is 5.92. The smallest absolute Gasteiger partial charge is 0.226 e. The van der Waals surface area contributed by atoms with E-state index in [1.807, 2.05) is 67.9 Å². The van der Waals surface area contributed by atoms with Gasteiger partial charge in [-0.15, -0.1) is 0 Å². The Kier molecular flexibility index (Phi) is 4.77. The number of oxazole rings is 1. The van der Waals surface area contributed by atoms with E-state index in [4.69, 9.17) is 4.42 Å². The molecule has 0 amide bonds. The third-order valence-corrected chi connectivity index (χ3v) is 5.06. The Labute approximate surface area is 161 Å². The van der Waals surface area contributed by atoms with Crippen LogP contribution in [0.1, 0.15) is 22.8 Å². The topological polar surface area (TPSA) is 69.6 Å². The molecule has 3 heterocycles. The van der Waals surface area contributed by atoms with Crippen LogP contribution in [0, 0.1) is 20.8 Å². The Morgan fingerprint density at radius 1 is 1.04 bits per heavy atom. The van der Waals surface area contributed by atoms with Gasteiger partial charge in [-0.25, -0.2) is 19.6 Å². The van der Waals surface area contributed by atoms with Crippen molar-refractivity contribution in [1.82, 2.24) is 24.7 Å². The molecule has 0 N–H and O–H groups in total. The number of nitrogens with zero attached hydrogens (tertiary/aromatic N) is 5. The second-order valence-electron chi connectivity index (χ2n) is 6.23. The van der Waals surface area contributed by atoms with Crippen LogP contribution >= 0.6 is 11.8 Å². The largest absolute Gasteiger partial charge is 0.441 e. The molecule has 3 aromatic heterocycles. The predicted octanol–water partition coefficient (Wildman–Crippen LogP) is 4.53. The van der Waals surface area contributed by atoms with Crippen molar-refractivity contribution < 1.29 is 4.42 Å². The Morgan fingerprint density at radius 2 is 1.85 bits per heavy atom. The second-order valence-corrected chi connectivity index (χ2v) is 7.23. The zero-order valence-corrected chi connectivity index (χ0v) is 16.2. The Hall–Kier alpha value is -2.93. The summed E-state index contributed by atoms with van der Waals surface area (Å²) in [5, 5.41) is 5.35. The lowest BCUT2D eigenvalue weighted by Gasteiger charge is -2.05. The molecule has 1 aromatic carbocycles. The molecule has 0 aliphatic carbocycles. The van der Waals surface area contributed by atoms with Gasteiger partial charge >= 0.3 is 0 Å². The Bertz CT molecular complexity index is 1070. The van der Waals surface area contributed by atoms with E-state index in [1.165, 1.54) is 0 Å². The average molecular weight is 377 g/mol. The van der Waals surface area contributed by atoms with Gasteiger partial charge in [-0.3, -0.25) is 0 Å². The number of hydrogen-bond donors (Lipinski definition) is 0. The van der Waals surface area contributed by atoms with Crippen LogP contribution in [-0.4, -0.2) is 24.7 Å². The molecule has 0 aliphatic rings. The summed E-state index contributed by atoms with van der Waals surface area (Å²) in [6, 6.07) is 13.9. The van der Waals surface area contributed by atoms with E-state index in [2.05, 4.69) is 20.1 Å². The molecular weight excluding hydrogens is 358 g/mol. The zero-order valence-electron chi connectivity index (χ0n) is 15.4. The highest BCUT2D eigenvalue weighted by molar-refractivity contribution is 7.98.